The Morgan fingerprint density at radius 2 is 1.54 bits per heavy atom. The molecule has 128 valence electrons. The third kappa shape index (κ3) is 7.02. The van der Waals surface area contributed by atoms with E-state index in [-0.39, 0.29) is 85.2 Å². The third-order valence-electron chi connectivity index (χ3n) is 2.81. The Morgan fingerprint density at radius 3 is 2.08 bits per heavy atom. The molecule has 0 aliphatic heterocycles. The van der Waals surface area contributed by atoms with Crippen molar-refractivity contribution in [1.82, 2.24) is 0 Å². The number of rotatable bonds is 6. The first kappa shape index (κ1) is 26.8. The van der Waals surface area contributed by atoms with Gasteiger partial charge in [-0.05, 0) is 36.4 Å². The summed E-state index contributed by atoms with van der Waals surface area (Å²) in [6.07, 6.45) is 0. The molecular weight excluding hydrogens is 449 g/mol. The summed E-state index contributed by atoms with van der Waals surface area (Å²) in [5.41, 5.74) is 0.0565. The Bertz CT molecular complexity index is 894. The molecule has 0 aromatic heterocycles. The topological polar surface area (TPSA) is 116 Å². The molecule has 0 aliphatic rings. The standard InChI is InChI=1S/C13H8Cl2O7S2.2Na/c14-9-3-1-7(5-11(9)23-22-21-17)13(16)8-2-4-10(15)12(6-8)24(18,19)20;;/h1-6,17H,(H,18,19,20);;/q;2*+1/p-2. The maximum atomic E-state index is 12.4. The van der Waals surface area contributed by atoms with Gasteiger partial charge in [-0.2, -0.15) is 4.33 Å². The first-order chi connectivity index (χ1) is 11.2. The Hall–Kier alpha value is 0.830. The van der Waals surface area contributed by atoms with Gasteiger partial charge in [0.2, 0.25) is 0 Å². The summed E-state index contributed by atoms with van der Waals surface area (Å²) >= 11 is 12.0. The van der Waals surface area contributed by atoms with Gasteiger partial charge in [-0.1, -0.05) is 23.2 Å². The molecule has 2 aromatic rings. The van der Waals surface area contributed by atoms with Gasteiger partial charge in [-0.15, -0.1) is 0 Å². The molecular formula is C13H6Cl2Na2O7S2. The van der Waals surface area contributed by atoms with Gasteiger partial charge in [0.1, 0.15) is 10.1 Å². The fourth-order valence-corrected chi connectivity index (χ4v) is 3.38. The van der Waals surface area contributed by atoms with Crippen LogP contribution in [0.25, 0.3) is 0 Å². The van der Waals surface area contributed by atoms with E-state index in [4.69, 9.17) is 23.2 Å². The fraction of sp³-hybridized carbons (Fsp3) is 0. The second-order valence-corrected chi connectivity index (χ2v) is 7.20. The molecule has 0 amide bonds. The molecule has 13 heteroatoms. The van der Waals surface area contributed by atoms with Crippen molar-refractivity contribution < 1.29 is 91.5 Å². The Balaban J connectivity index is 0.00000312. The Labute approximate surface area is 207 Å². The van der Waals surface area contributed by atoms with Gasteiger partial charge in [0.05, 0.1) is 31.9 Å². The van der Waals surface area contributed by atoms with E-state index in [0.29, 0.717) is 12.0 Å². The minimum absolute atomic E-state index is 0. The Morgan fingerprint density at radius 1 is 1.00 bits per heavy atom. The monoisotopic (exact) mass is 454 g/mol. The zero-order valence-electron chi connectivity index (χ0n) is 13.4. The summed E-state index contributed by atoms with van der Waals surface area (Å²) in [7, 11) is -4.83. The molecule has 0 saturated carbocycles. The Kier molecular flexibility index (Phi) is 12.1. The smallest absolute Gasteiger partial charge is 0.744 e. The van der Waals surface area contributed by atoms with Crippen LogP contribution in [0.4, 0.5) is 0 Å². The van der Waals surface area contributed by atoms with Crippen molar-refractivity contribution in [3.63, 3.8) is 0 Å². The molecule has 0 atom stereocenters. The van der Waals surface area contributed by atoms with Crippen LogP contribution in [-0.4, -0.2) is 18.8 Å². The summed E-state index contributed by atoms with van der Waals surface area (Å²) in [6.45, 7) is 0. The van der Waals surface area contributed by atoms with E-state index in [1.807, 2.05) is 0 Å². The second-order valence-electron chi connectivity index (χ2n) is 4.29. The summed E-state index contributed by atoms with van der Waals surface area (Å²) in [5, 5.41) is 13.0. The summed E-state index contributed by atoms with van der Waals surface area (Å²) in [5.74, 6) is -0.585. The molecule has 0 radical (unpaired) electrons. The summed E-state index contributed by atoms with van der Waals surface area (Å²) < 4.78 is 37.6. The molecule has 7 nitrogen and oxygen atoms in total. The van der Waals surface area contributed by atoms with Crippen molar-refractivity contribution in [2.45, 2.75) is 9.79 Å². The maximum Gasteiger partial charge on any atom is 1.00 e. The summed E-state index contributed by atoms with van der Waals surface area (Å²) in [6, 6.07) is 7.39. The number of halogens is 2. The molecule has 0 fully saturated rings. The molecule has 2 rings (SSSR count). The van der Waals surface area contributed by atoms with E-state index in [2.05, 4.69) is 9.37 Å². The molecule has 0 heterocycles. The first-order valence-electron chi connectivity index (χ1n) is 5.97. The van der Waals surface area contributed by atoms with Crippen LogP contribution in [0.3, 0.4) is 0 Å². The minimum Gasteiger partial charge on any atom is -0.744 e. The van der Waals surface area contributed by atoms with Crippen molar-refractivity contribution in [1.29, 1.82) is 0 Å². The maximum absolute atomic E-state index is 12.4. The molecule has 0 bridgehead atoms. The van der Waals surface area contributed by atoms with Crippen LogP contribution in [0.5, 0.6) is 0 Å². The van der Waals surface area contributed by atoms with Crippen molar-refractivity contribution >= 4 is 51.1 Å². The normalized spacial score (nSPS) is 10.6. The van der Waals surface area contributed by atoms with E-state index in [9.17, 15) is 23.0 Å². The molecule has 2 aromatic carbocycles. The van der Waals surface area contributed by atoms with Crippen LogP contribution in [0.2, 0.25) is 10.0 Å². The fourth-order valence-electron chi connectivity index (χ4n) is 1.76. The number of benzene rings is 2. The minimum atomic E-state index is -4.83. The van der Waals surface area contributed by atoms with Crippen LogP contribution in [0.15, 0.2) is 46.2 Å². The van der Waals surface area contributed by atoms with Crippen molar-refractivity contribution in [2.75, 3.05) is 0 Å². The van der Waals surface area contributed by atoms with Crippen LogP contribution in [-0.2, 0) is 19.5 Å². The van der Waals surface area contributed by atoms with Crippen molar-refractivity contribution in [2.24, 2.45) is 0 Å². The molecule has 0 saturated heterocycles. The largest absolute Gasteiger partial charge is 1.00 e. The average molecular weight is 455 g/mol. The average Bonchev–Trinajstić information content (AvgIpc) is 2.53. The molecule has 26 heavy (non-hydrogen) atoms. The molecule has 0 aliphatic carbocycles. The number of ketones is 1. The van der Waals surface area contributed by atoms with Gasteiger partial charge in [-0.3, -0.25) is 9.83 Å². The van der Waals surface area contributed by atoms with E-state index in [0.717, 1.165) is 12.1 Å². The van der Waals surface area contributed by atoms with Crippen molar-refractivity contribution in [3.8, 4) is 0 Å². The SMILES string of the molecule is O=C(c1ccc(Cl)c(SOO[O-])c1)c1ccc(Cl)c(S(=O)(=O)[O-])c1.[Na+].[Na+]. The third-order valence-corrected chi connectivity index (χ3v) is 5.21. The quantitative estimate of drug-likeness (QED) is 0.110. The van der Waals surface area contributed by atoms with Crippen LogP contribution < -0.4 is 64.4 Å². The first-order valence-corrected chi connectivity index (χ1v) is 8.87. The van der Waals surface area contributed by atoms with E-state index < -0.39 is 20.8 Å². The van der Waals surface area contributed by atoms with Crippen LogP contribution in [0.1, 0.15) is 15.9 Å². The van der Waals surface area contributed by atoms with Gasteiger partial charge >= 0.3 is 59.1 Å². The second kappa shape index (κ2) is 11.7. The van der Waals surface area contributed by atoms with Gasteiger partial charge in [0, 0.05) is 11.1 Å². The molecule has 0 unspecified atom stereocenters. The number of carbonyl (C=O) groups is 1. The van der Waals surface area contributed by atoms with Crippen LogP contribution >= 0.6 is 35.2 Å². The van der Waals surface area contributed by atoms with E-state index in [1.165, 1.54) is 24.3 Å². The van der Waals surface area contributed by atoms with Crippen LogP contribution in [0, 0.1) is 0 Å². The summed E-state index contributed by atoms with van der Waals surface area (Å²) in [4.78, 5) is 12.0. The zero-order chi connectivity index (χ0) is 17.9. The predicted molar refractivity (Wildman–Crippen MR) is 82.3 cm³/mol. The predicted octanol–water partition coefficient (Wildman–Crippen LogP) is -3.63. The number of hydrogen-bond acceptors (Lipinski definition) is 8. The van der Waals surface area contributed by atoms with Gasteiger partial charge in [0.25, 0.3) is 0 Å². The van der Waals surface area contributed by atoms with Gasteiger partial charge in [-0.25, -0.2) is 8.42 Å². The number of hydrogen-bond donors (Lipinski definition) is 0. The van der Waals surface area contributed by atoms with Gasteiger partial charge in [0.15, 0.2) is 5.78 Å². The van der Waals surface area contributed by atoms with E-state index in [1.54, 1.807) is 0 Å². The molecule has 0 spiro atoms. The van der Waals surface area contributed by atoms with E-state index >= 15 is 0 Å². The van der Waals surface area contributed by atoms with Gasteiger partial charge < -0.3 is 9.81 Å². The number of carbonyl (C=O) groups excluding carboxylic acids is 1. The zero-order valence-corrected chi connectivity index (χ0v) is 20.5. The molecule has 0 N–H and O–H groups in total. The van der Waals surface area contributed by atoms with Crippen molar-refractivity contribution in [3.05, 3.63) is 57.6 Å².